The molecule has 0 amide bonds. The van der Waals surface area contributed by atoms with Gasteiger partial charge in [0.1, 0.15) is 0 Å². The zero-order chi connectivity index (χ0) is 20.5. The largest absolute Gasteiger partial charge is 0.297 e. The van der Waals surface area contributed by atoms with Gasteiger partial charge in [-0.05, 0) is 17.7 Å². The van der Waals surface area contributed by atoms with Crippen LogP contribution in [0.5, 0.6) is 0 Å². The summed E-state index contributed by atoms with van der Waals surface area (Å²) >= 11 is 6.06. The average Bonchev–Trinajstić information content (AvgIpc) is 3.13. The van der Waals surface area contributed by atoms with Crippen molar-refractivity contribution < 1.29 is 0 Å². The van der Waals surface area contributed by atoms with Gasteiger partial charge in [0, 0.05) is 54.8 Å². The number of benzene rings is 2. The second-order valence-electron chi connectivity index (χ2n) is 6.79. The summed E-state index contributed by atoms with van der Waals surface area (Å²) in [4.78, 5) is 2.13. The quantitative estimate of drug-likeness (QED) is 0.510. The van der Waals surface area contributed by atoms with Crippen molar-refractivity contribution in [1.29, 1.82) is 10.5 Å². The zero-order valence-electron chi connectivity index (χ0n) is 16.1. The SMILES string of the molecule is N#CCCN(CCC#N)Cc1cn(Cc2ccccc2)nc1-c1ccc(Cl)cc1. The summed E-state index contributed by atoms with van der Waals surface area (Å²) in [5.41, 5.74) is 4.14. The number of nitrogens with zero attached hydrogens (tertiary/aromatic N) is 5. The van der Waals surface area contributed by atoms with Crippen LogP contribution in [0.3, 0.4) is 0 Å². The smallest absolute Gasteiger partial charge is 0.0968 e. The Morgan fingerprint density at radius 3 is 2.21 bits per heavy atom. The molecule has 0 bridgehead atoms. The first-order chi connectivity index (χ1) is 14.2. The van der Waals surface area contributed by atoms with E-state index in [2.05, 4.69) is 35.4 Å². The number of hydrogen-bond acceptors (Lipinski definition) is 4. The van der Waals surface area contributed by atoms with Crippen LogP contribution in [0.1, 0.15) is 24.0 Å². The summed E-state index contributed by atoms with van der Waals surface area (Å²) < 4.78 is 1.95. The predicted molar refractivity (Wildman–Crippen MR) is 114 cm³/mol. The Labute approximate surface area is 176 Å². The van der Waals surface area contributed by atoms with E-state index < -0.39 is 0 Å². The van der Waals surface area contributed by atoms with Gasteiger partial charge in [-0.3, -0.25) is 9.58 Å². The van der Waals surface area contributed by atoms with Crippen molar-refractivity contribution in [3.05, 3.63) is 76.9 Å². The maximum Gasteiger partial charge on any atom is 0.0968 e. The predicted octanol–water partition coefficient (Wildman–Crippen LogP) is 4.88. The minimum atomic E-state index is 0.430. The van der Waals surface area contributed by atoms with Gasteiger partial charge in [0.2, 0.25) is 0 Å². The second kappa shape index (κ2) is 10.4. The number of aromatic nitrogens is 2. The zero-order valence-corrected chi connectivity index (χ0v) is 16.9. The van der Waals surface area contributed by atoms with Gasteiger partial charge in [-0.25, -0.2) is 0 Å². The van der Waals surface area contributed by atoms with E-state index >= 15 is 0 Å². The first kappa shape index (κ1) is 20.6. The summed E-state index contributed by atoms with van der Waals surface area (Å²) in [5.74, 6) is 0. The van der Waals surface area contributed by atoms with Crippen LogP contribution in [0.15, 0.2) is 60.8 Å². The molecule has 0 N–H and O–H groups in total. The molecule has 0 aliphatic heterocycles. The van der Waals surface area contributed by atoms with Crippen molar-refractivity contribution in [1.82, 2.24) is 14.7 Å². The molecule has 0 unspecified atom stereocenters. The Morgan fingerprint density at radius 1 is 0.931 bits per heavy atom. The van der Waals surface area contributed by atoms with Gasteiger partial charge in [0.15, 0.2) is 0 Å². The first-order valence-corrected chi connectivity index (χ1v) is 9.90. The molecule has 3 rings (SSSR count). The van der Waals surface area contributed by atoms with Crippen LogP contribution in [0, 0.1) is 22.7 Å². The molecule has 0 aliphatic rings. The standard InChI is InChI=1S/C23H22ClN5/c24-22-10-8-20(9-11-22)23-21(17-28(14-4-12-25)15-5-13-26)18-29(27-23)16-19-6-2-1-3-7-19/h1-3,6-11,18H,4-5,14-17H2. The van der Waals surface area contributed by atoms with E-state index in [1.54, 1.807) is 0 Å². The molecule has 0 aliphatic carbocycles. The molecule has 146 valence electrons. The van der Waals surface area contributed by atoms with E-state index in [9.17, 15) is 0 Å². The van der Waals surface area contributed by atoms with Gasteiger partial charge < -0.3 is 0 Å². The van der Waals surface area contributed by atoms with E-state index in [-0.39, 0.29) is 0 Å². The third-order valence-electron chi connectivity index (χ3n) is 4.62. The number of halogens is 1. The lowest BCUT2D eigenvalue weighted by Crippen LogP contribution is -2.25. The Morgan fingerprint density at radius 2 is 1.59 bits per heavy atom. The number of rotatable bonds is 9. The molecule has 3 aromatic rings. The lowest BCUT2D eigenvalue weighted by atomic mass is 10.1. The molecule has 5 nitrogen and oxygen atoms in total. The van der Waals surface area contributed by atoms with E-state index in [1.165, 1.54) is 5.56 Å². The summed E-state index contributed by atoms with van der Waals surface area (Å²) in [7, 11) is 0. The molecule has 6 heteroatoms. The highest BCUT2D eigenvalue weighted by molar-refractivity contribution is 6.30. The van der Waals surface area contributed by atoms with E-state index in [0.717, 1.165) is 16.8 Å². The molecule has 1 heterocycles. The number of nitriles is 2. The maximum atomic E-state index is 8.96. The van der Waals surface area contributed by atoms with Crippen molar-refractivity contribution in [2.75, 3.05) is 13.1 Å². The van der Waals surface area contributed by atoms with Gasteiger partial charge in [-0.2, -0.15) is 15.6 Å². The summed E-state index contributed by atoms with van der Waals surface area (Å²) in [6.07, 6.45) is 2.92. The van der Waals surface area contributed by atoms with Crippen LogP contribution in [-0.4, -0.2) is 27.8 Å². The van der Waals surface area contributed by atoms with Gasteiger partial charge >= 0.3 is 0 Å². The molecular weight excluding hydrogens is 382 g/mol. The van der Waals surface area contributed by atoms with Crippen LogP contribution in [0.25, 0.3) is 11.3 Å². The minimum absolute atomic E-state index is 0.430. The summed E-state index contributed by atoms with van der Waals surface area (Å²) in [6, 6.07) is 22.2. The summed E-state index contributed by atoms with van der Waals surface area (Å²) in [6.45, 7) is 2.57. The highest BCUT2D eigenvalue weighted by atomic mass is 35.5. The fraction of sp³-hybridized carbons (Fsp3) is 0.261. The Kier molecular flexibility index (Phi) is 7.41. The molecule has 0 atom stereocenters. The molecule has 0 radical (unpaired) electrons. The fourth-order valence-corrected chi connectivity index (χ4v) is 3.33. The van der Waals surface area contributed by atoms with Gasteiger partial charge in [-0.1, -0.05) is 54.1 Å². The number of hydrogen-bond donors (Lipinski definition) is 0. The normalized spacial score (nSPS) is 10.6. The van der Waals surface area contributed by atoms with Crippen molar-refractivity contribution in [3.63, 3.8) is 0 Å². The van der Waals surface area contributed by atoms with E-state index in [1.807, 2.05) is 47.1 Å². The topological polar surface area (TPSA) is 68.6 Å². The second-order valence-corrected chi connectivity index (χ2v) is 7.22. The van der Waals surface area contributed by atoms with Crippen LogP contribution < -0.4 is 0 Å². The molecule has 1 aromatic heterocycles. The monoisotopic (exact) mass is 403 g/mol. The molecule has 0 saturated heterocycles. The van der Waals surface area contributed by atoms with Crippen molar-refractivity contribution in [3.8, 4) is 23.4 Å². The van der Waals surface area contributed by atoms with Gasteiger partial charge in [-0.15, -0.1) is 0 Å². The Hall–Kier alpha value is -3.12. The molecular formula is C23H22ClN5. The Balaban J connectivity index is 1.90. The van der Waals surface area contributed by atoms with Crippen LogP contribution >= 0.6 is 11.6 Å². The summed E-state index contributed by atoms with van der Waals surface area (Å²) in [5, 5.41) is 23.4. The average molecular weight is 404 g/mol. The van der Waals surface area contributed by atoms with Crippen LogP contribution in [0.2, 0.25) is 5.02 Å². The molecule has 29 heavy (non-hydrogen) atoms. The molecule has 2 aromatic carbocycles. The lowest BCUT2D eigenvalue weighted by molar-refractivity contribution is 0.278. The third-order valence-corrected chi connectivity index (χ3v) is 4.87. The van der Waals surface area contributed by atoms with Crippen molar-refractivity contribution in [2.24, 2.45) is 0 Å². The molecule has 0 spiro atoms. The molecule has 0 fully saturated rings. The van der Waals surface area contributed by atoms with Gasteiger partial charge in [0.25, 0.3) is 0 Å². The van der Waals surface area contributed by atoms with Gasteiger partial charge in [0.05, 0.1) is 24.4 Å². The fourth-order valence-electron chi connectivity index (χ4n) is 3.21. The minimum Gasteiger partial charge on any atom is -0.297 e. The lowest BCUT2D eigenvalue weighted by Gasteiger charge is -2.19. The van der Waals surface area contributed by atoms with E-state index in [4.69, 9.17) is 27.2 Å². The van der Waals surface area contributed by atoms with Crippen LogP contribution in [0.4, 0.5) is 0 Å². The highest BCUT2D eigenvalue weighted by Crippen LogP contribution is 2.25. The third kappa shape index (κ3) is 5.93. The van der Waals surface area contributed by atoms with Crippen molar-refractivity contribution >= 4 is 11.6 Å². The van der Waals surface area contributed by atoms with Crippen LogP contribution in [-0.2, 0) is 13.1 Å². The highest BCUT2D eigenvalue weighted by Gasteiger charge is 2.15. The maximum absolute atomic E-state index is 8.96. The van der Waals surface area contributed by atoms with E-state index in [0.29, 0.717) is 44.0 Å². The first-order valence-electron chi connectivity index (χ1n) is 9.52. The Bertz CT molecular complexity index is 978. The van der Waals surface area contributed by atoms with Crippen molar-refractivity contribution in [2.45, 2.75) is 25.9 Å². The molecule has 0 saturated carbocycles.